The van der Waals surface area contributed by atoms with Crippen molar-refractivity contribution in [3.63, 3.8) is 0 Å². The summed E-state index contributed by atoms with van der Waals surface area (Å²) in [5.41, 5.74) is 2.66. The monoisotopic (exact) mass is 303 g/mol. The maximum absolute atomic E-state index is 9.12. The molecule has 112 valence electrons. The Kier molecular flexibility index (Phi) is 4.30. The summed E-state index contributed by atoms with van der Waals surface area (Å²) in [6.07, 6.45) is 0. The Morgan fingerprint density at radius 1 is 1.33 bits per heavy atom. The van der Waals surface area contributed by atoms with Gasteiger partial charge in [0.1, 0.15) is 5.82 Å². The van der Waals surface area contributed by atoms with Gasteiger partial charge in [-0.05, 0) is 36.5 Å². The number of rotatable bonds is 4. The van der Waals surface area contributed by atoms with Crippen LogP contribution in [0, 0.1) is 22.7 Å². The number of alkyl halides is 1. The molecular weight excluding hydrogens is 282 g/mol. The van der Waals surface area contributed by atoms with Gasteiger partial charge in [-0.3, -0.25) is 0 Å². The Balaban J connectivity index is 2.63. The van der Waals surface area contributed by atoms with Crippen molar-refractivity contribution in [1.82, 2.24) is 9.55 Å². The van der Waals surface area contributed by atoms with Crippen LogP contribution in [0.15, 0.2) is 18.2 Å². The van der Waals surface area contributed by atoms with Crippen LogP contribution < -0.4 is 0 Å². The Bertz CT molecular complexity index is 690. The minimum Gasteiger partial charge on any atom is -0.326 e. The van der Waals surface area contributed by atoms with Crippen molar-refractivity contribution in [3.8, 4) is 6.07 Å². The predicted octanol–water partition coefficient (Wildman–Crippen LogP) is 4.89. The van der Waals surface area contributed by atoms with Gasteiger partial charge in [-0.1, -0.05) is 27.7 Å². The SMILES string of the molecule is CC(Cl)c1nc2ccc(C#N)cc2n1CC(C)(C)C(C)C. The first kappa shape index (κ1) is 15.9. The van der Waals surface area contributed by atoms with Gasteiger partial charge in [0.15, 0.2) is 0 Å². The molecule has 2 aromatic rings. The third-order valence-electron chi connectivity index (χ3n) is 4.39. The van der Waals surface area contributed by atoms with Crippen molar-refractivity contribution in [3.05, 3.63) is 29.6 Å². The van der Waals surface area contributed by atoms with Crippen LogP contribution in [0.25, 0.3) is 11.0 Å². The highest BCUT2D eigenvalue weighted by Gasteiger charge is 2.26. The van der Waals surface area contributed by atoms with Gasteiger partial charge in [-0.25, -0.2) is 4.98 Å². The lowest BCUT2D eigenvalue weighted by atomic mass is 9.81. The largest absolute Gasteiger partial charge is 0.326 e. The van der Waals surface area contributed by atoms with Crippen LogP contribution in [0.5, 0.6) is 0 Å². The summed E-state index contributed by atoms with van der Waals surface area (Å²) in [4.78, 5) is 4.65. The van der Waals surface area contributed by atoms with E-state index in [9.17, 15) is 0 Å². The zero-order valence-electron chi connectivity index (χ0n) is 13.3. The van der Waals surface area contributed by atoms with Crippen LogP contribution in [0.4, 0.5) is 0 Å². The van der Waals surface area contributed by atoms with E-state index < -0.39 is 0 Å². The van der Waals surface area contributed by atoms with Gasteiger partial charge in [0, 0.05) is 6.54 Å². The number of nitriles is 1. The molecule has 1 aromatic heterocycles. The van der Waals surface area contributed by atoms with Crippen molar-refractivity contribution in [2.45, 2.75) is 46.5 Å². The van der Waals surface area contributed by atoms with Crippen molar-refractivity contribution in [2.24, 2.45) is 11.3 Å². The Hall–Kier alpha value is -1.53. The molecule has 4 heteroatoms. The molecule has 1 atom stereocenters. The second kappa shape index (κ2) is 5.69. The average molecular weight is 304 g/mol. The maximum atomic E-state index is 9.12. The Morgan fingerprint density at radius 2 is 2.00 bits per heavy atom. The fourth-order valence-electron chi connectivity index (χ4n) is 2.27. The van der Waals surface area contributed by atoms with Gasteiger partial charge in [0.25, 0.3) is 0 Å². The molecule has 0 spiro atoms. The number of hydrogen-bond donors (Lipinski definition) is 0. The van der Waals surface area contributed by atoms with Crippen LogP contribution in [0.3, 0.4) is 0 Å². The number of halogens is 1. The lowest BCUT2D eigenvalue weighted by Gasteiger charge is -2.31. The normalized spacial score (nSPS) is 13.6. The summed E-state index contributed by atoms with van der Waals surface area (Å²) in [6.45, 7) is 11.7. The summed E-state index contributed by atoms with van der Waals surface area (Å²) >= 11 is 6.31. The quantitative estimate of drug-likeness (QED) is 0.755. The fraction of sp³-hybridized carbons (Fsp3) is 0.529. The number of fused-ring (bicyclic) bond motifs is 1. The molecule has 0 N–H and O–H groups in total. The van der Waals surface area contributed by atoms with Crippen LogP contribution in [0.1, 0.15) is 51.4 Å². The molecule has 21 heavy (non-hydrogen) atoms. The summed E-state index contributed by atoms with van der Waals surface area (Å²) in [7, 11) is 0. The van der Waals surface area contributed by atoms with Gasteiger partial charge in [0.2, 0.25) is 0 Å². The third-order valence-corrected chi connectivity index (χ3v) is 4.59. The van der Waals surface area contributed by atoms with E-state index in [-0.39, 0.29) is 10.8 Å². The lowest BCUT2D eigenvalue weighted by molar-refractivity contribution is 0.210. The summed E-state index contributed by atoms with van der Waals surface area (Å²) in [5.74, 6) is 1.41. The molecule has 3 nitrogen and oxygen atoms in total. The first-order valence-corrected chi connectivity index (χ1v) is 7.74. The van der Waals surface area contributed by atoms with Gasteiger partial charge in [-0.2, -0.15) is 5.26 Å². The van der Waals surface area contributed by atoms with E-state index in [1.807, 2.05) is 19.1 Å². The standard InChI is InChI=1S/C17H22ClN3/c1-11(2)17(4,5)10-21-15-8-13(9-19)6-7-14(15)20-16(21)12(3)18/h6-8,11-12H,10H2,1-5H3. The molecule has 0 saturated heterocycles. The van der Waals surface area contributed by atoms with Gasteiger partial charge in [-0.15, -0.1) is 11.6 Å². The molecule has 0 amide bonds. The highest BCUT2D eigenvalue weighted by atomic mass is 35.5. The Labute approximate surface area is 131 Å². The Morgan fingerprint density at radius 3 is 2.52 bits per heavy atom. The molecule has 0 fully saturated rings. The summed E-state index contributed by atoms with van der Waals surface area (Å²) < 4.78 is 2.17. The van der Waals surface area contributed by atoms with E-state index in [0.717, 1.165) is 23.4 Å². The molecular formula is C17H22ClN3. The highest BCUT2D eigenvalue weighted by Crippen LogP contribution is 2.33. The first-order valence-electron chi connectivity index (χ1n) is 7.30. The molecule has 0 aliphatic heterocycles. The van der Waals surface area contributed by atoms with Crippen molar-refractivity contribution in [2.75, 3.05) is 0 Å². The zero-order valence-corrected chi connectivity index (χ0v) is 14.1. The molecule has 1 heterocycles. The number of imidazole rings is 1. The molecule has 0 radical (unpaired) electrons. The number of benzene rings is 1. The van der Waals surface area contributed by atoms with E-state index in [4.69, 9.17) is 16.9 Å². The van der Waals surface area contributed by atoms with Crippen LogP contribution >= 0.6 is 11.6 Å². The maximum Gasteiger partial charge on any atom is 0.127 e. The third kappa shape index (κ3) is 3.06. The number of nitrogens with zero attached hydrogens (tertiary/aromatic N) is 3. The van der Waals surface area contributed by atoms with Crippen molar-refractivity contribution < 1.29 is 0 Å². The zero-order chi connectivity index (χ0) is 15.8. The first-order chi connectivity index (χ1) is 9.76. The van der Waals surface area contributed by atoms with E-state index >= 15 is 0 Å². The fourth-order valence-corrected chi connectivity index (χ4v) is 2.44. The van der Waals surface area contributed by atoms with Gasteiger partial charge >= 0.3 is 0 Å². The van der Waals surface area contributed by atoms with Crippen LogP contribution in [-0.2, 0) is 6.54 Å². The van der Waals surface area contributed by atoms with E-state index in [1.54, 1.807) is 6.07 Å². The number of hydrogen-bond acceptors (Lipinski definition) is 2. The molecule has 0 saturated carbocycles. The van der Waals surface area contributed by atoms with Crippen molar-refractivity contribution >= 4 is 22.6 Å². The topological polar surface area (TPSA) is 41.6 Å². The van der Waals surface area contributed by atoms with Gasteiger partial charge < -0.3 is 4.57 Å². The van der Waals surface area contributed by atoms with E-state index in [0.29, 0.717) is 11.5 Å². The molecule has 0 aliphatic carbocycles. The predicted molar refractivity (Wildman–Crippen MR) is 87.3 cm³/mol. The van der Waals surface area contributed by atoms with Crippen molar-refractivity contribution in [1.29, 1.82) is 5.26 Å². The molecule has 2 rings (SSSR count). The lowest BCUT2D eigenvalue weighted by Crippen LogP contribution is -2.26. The van der Waals surface area contributed by atoms with E-state index in [1.165, 1.54) is 0 Å². The number of aromatic nitrogens is 2. The summed E-state index contributed by atoms with van der Waals surface area (Å²) in [6, 6.07) is 7.80. The molecule has 1 aromatic carbocycles. The minimum absolute atomic E-state index is 0.122. The van der Waals surface area contributed by atoms with E-state index in [2.05, 4.69) is 43.3 Å². The second-order valence-corrected chi connectivity index (χ2v) is 7.29. The van der Waals surface area contributed by atoms with Crippen LogP contribution in [-0.4, -0.2) is 9.55 Å². The minimum atomic E-state index is -0.161. The molecule has 0 aliphatic rings. The second-order valence-electron chi connectivity index (χ2n) is 6.63. The highest BCUT2D eigenvalue weighted by molar-refractivity contribution is 6.20. The van der Waals surface area contributed by atoms with Gasteiger partial charge in [0.05, 0.1) is 28.0 Å². The smallest absolute Gasteiger partial charge is 0.127 e. The molecule has 0 bridgehead atoms. The average Bonchev–Trinajstić information content (AvgIpc) is 2.76. The summed E-state index contributed by atoms with van der Waals surface area (Å²) in [5, 5.41) is 8.96. The van der Waals surface area contributed by atoms with Crippen LogP contribution in [0.2, 0.25) is 0 Å². The molecule has 1 unspecified atom stereocenters.